The first-order valence-electron chi connectivity index (χ1n) is 12.9. The molecule has 1 unspecified atom stereocenters. The molecule has 4 aliphatic rings. The highest BCUT2D eigenvalue weighted by atomic mass is 19.1. The first kappa shape index (κ1) is 21.2. The fraction of sp³-hybridized carbons (Fsp3) is 1.00. The van der Waals surface area contributed by atoms with Gasteiger partial charge in [-0.2, -0.15) is 0 Å². The Kier molecular flexibility index (Phi) is 5.96. The van der Waals surface area contributed by atoms with Crippen LogP contribution in [0.5, 0.6) is 0 Å². The summed E-state index contributed by atoms with van der Waals surface area (Å²) in [6, 6.07) is 0. The molecule has 0 aromatic carbocycles. The summed E-state index contributed by atoms with van der Waals surface area (Å²) in [4.78, 5) is 0. The standard InChI is InChI=1S/C27H47F/c1-18(2)7-6-8-19(3)23-11-12-24-22-10-9-20-17-21(28)13-15-26(20,4)25(22)14-16-27(23,24)5/h18-25H,6-17H2,1-5H3/t19-,20+,21+,22+,23-,24+,25?,26+,27-/m1/s1. The van der Waals surface area contributed by atoms with Crippen LogP contribution in [-0.4, -0.2) is 6.17 Å². The Hall–Kier alpha value is -0.0700. The Labute approximate surface area is 174 Å². The number of hydrogen-bond acceptors (Lipinski definition) is 0. The minimum atomic E-state index is -0.508. The van der Waals surface area contributed by atoms with Gasteiger partial charge in [-0.25, -0.2) is 4.39 Å². The van der Waals surface area contributed by atoms with E-state index in [2.05, 4.69) is 34.6 Å². The molecule has 0 saturated heterocycles. The summed E-state index contributed by atoms with van der Waals surface area (Å²) in [7, 11) is 0. The molecule has 1 heteroatoms. The van der Waals surface area contributed by atoms with Crippen molar-refractivity contribution in [2.24, 2.45) is 52.3 Å². The number of hydrogen-bond donors (Lipinski definition) is 0. The minimum Gasteiger partial charge on any atom is -0.247 e. The van der Waals surface area contributed by atoms with E-state index >= 15 is 0 Å². The Balaban J connectivity index is 1.46. The maximum Gasteiger partial charge on any atom is 0.100 e. The van der Waals surface area contributed by atoms with Crippen molar-refractivity contribution in [1.82, 2.24) is 0 Å². The summed E-state index contributed by atoms with van der Waals surface area (Å²) in [6.45, 7) is 12.6. The van der Waals surface area contributed by atoms with E-state index in [0.717, 1.165) is 48.3 Å². The molecule has 4 rings (SSSR count). The average Bonchev–Trinajstić information content (AvgIpc) is 2.99. The van der Waals surface area contributed by atoms with Crippen molar-refractivity contribution in [2.45, 2.75) is 118 Å². The number of alkyl halides is 1. The molecule has 162 valence electrons. The van der Waals surface area contributed by atoms with Gasteiger partial charge in [0.2, 0.25) is 0 Å². The first-order chi connectivity index (χ1) is 13.3. The van der Waals surface area contributed by atoms with Crippen molar-refractivity contribution in [3.63, 3.8) is 0 Å². The van der Waals surface area contributed by atoms with Crippen LogP contribution in [0.3, 0.4) is 0 Å². The smallest absolute Gasteiger partial charge is 0.100 e. The molecule has 4 saturated carbocycles. The zero-order valence-electron chi connectivity index (χ0n) is 19.5. The van der Waals surface area contributed by atoms with Crippen LogP contribution in [0.15, 0.2) is 0 Å². The van der Waals surface area contributed by atoms with Gasteiger partial charge in [0.25, 0.3) is 0 Å². The second-order valence-corrected chi connectivity index (χ2v) is 12.6. The lowest BCUT2D eigenvalue weighted by molar-refractivity contribution is -0.122. The molecule has 0 spiro atoms. The predicted octanol–water partition coefficient (Wildman–Crippen LogP) is 8.45. The minimum absolute atomic E-state index is 0.452. The Morgan fingerprint density at radius 3 is 2.29 bits per heavy atom. The van der Waals surface area contributed by atoms with E-state index in [-0.39, 0.29) is 0 Å². The van der Waals surface area contributed by atoms with E-state index in [4.69, 9.17) is 0 Å². The maximum atomic E-state index is 14.1. The van der Waals surface area contributed by atoms with E-state index in [1.54, 1.807) is 0 Å². The van der Waals surface area contributed by atoms with Crippen LogP contribution in [-0.2, 0) is 0 Å². The van der Waals surface area contributed by atoms with Gasteiger partial charge >= 0.3 is 0 Å². The van der Waals surface area contributed by atoms with E-state index in [1.807, 2.05) is 0 Å². The van der Waals surface area contributed by atoms with Crippen molar-refractivity contribution in [2.75, 3.05) is 0 Å². The maximum absolute atomic E-state index is 14.1. The van der Waals surface area contributed by atoms with Crippen LogP contribution in [0.1, 0.15) is 112 Å². The van der Waals surface area contributed by atoms with E-state index in [9.17, 15) is 4.39 Å². The van der Waals surface area contributed by atoms with Gasteiger partial charge in [-0.1, -0.05) is 53.9 Å². The van der Waals surface area contributed by atoms with Gasteiger partial charge < -0.3 is 0 Å². The van der Waals surface area contributed by atoms with Gasteiger partial charge in [-0.05, 0) is 110 Å². The van der Waals surface area contributed by atoms with E-state index in [1.165, 1.54) is 64.2 Å². The summed E-state index contributed by atoms with van der Waals surface area (Å²) < 4.78 is 14.1. The van der Waals surface area contributed by atoms with Crippen LogP contribution in [0.4, 0.5) is 4.39 Å². The summed E-state index contributed by atoms with van der Waals surface area (Å²) in [5.74, 6) is 6.19. The SMILES string of the molecule is CC(C)CCC[C@@H](C)[C@H]1CC[C@H]2[C@@H]3CC[C@H]4C[C@@H](F)CC[C@]4(C)C3CC[C@]12C. The molecule has 0 heterocycles. The quantitative estimate of drug-likeness (QED) is 0.441. The molecule has 28 heavy (non-hydrogen) atoms. The normalized spacial score (nSPS) is 49.4. The van der Waals surface area contributed by atoms with Gasteiger partial charge in [-0.15, -0.1) is 0 Å². The zero-order chi connectivity index (χ0) is 20.1. The van der Waals surface area contributed by atoms with E-state index in [0.29, 0.717) is 16.7 Å². The van der Waals surface area contributed by atoms with Gasteiger partial charge in [0, 0.05) is 0 Å². The highest BCUT2D eigenvalue weighted by Crippen LogP contribution is 2.68. The van der Waals surface area contributed by atoms with Gasteiger partial charge in [0.15, 0.2) is 0 Å². The molecule has 4 aliphatic carbocycles. The molecule has 0 N–H and O–H groups in total. The molecular formula is C27H47F. The molecule has 0 aromatic heterocycles. The lowest BCUT2D eigenvalue weighted by Gasteiger charge is -2.61. The largest absolute Gasteiger partial charge is 0.247 e. The molecular weight excluding hydrogens is 343 g/mol. The van der Waals surface area contributed by atoms with Crippen molar-refractivity contribution >= 4 is 0 Å². The number of halogens is 1. The molecule has 0 radical (unpaired) electrons. The molecule has 0 bridgehead atoms. The molecule has 4 fully saturated rings. The molecule has 0 aliphatic heterocycles. The fourth-order valence-corrected chi connectivity index (χ4v) is 9.23. The van der Waals surface area contributed by atoms with E-state index < -0.39 is 6.17 Å². The monoisotopic (exact) mass is 390 g/mol. The first-order valence-corrected chi connectivity index (χ1v) is 12.9. The summed E-state index contributed by atoms with van der Waals surface area (Å²) in [5.41, 5.74) is 1.05. The number of fused-ring (bicyclic) bond motifs is 5. The fourth-order valence-electron chi connectivity index (χ4n) is 9.23. The topological polar surface area (TPSA) is 0 Å². The third kappa shape index (κ3) is 3.49. The Bertz CT molecular complexity index is 540. The van der Waals surface area contributed by atoms with Crippen LogP contribution < -0.4 is 0 Å². The van der Waals surface area contributed by atoms with Gasteiger partial charge in [0.1, 0.15) is 6.17 Å². The molecule has 9 atom stereocenters. The summed E-state index contributed by atoms with van der Waals surface area (Å²) >= 11 is 0. The van der Waals surface area contributed by atoms with Crippen LogP contribution >= 0.6 is 0 Å². The Morgan fingerprint density at radius 2 is 1.54 bits per heavy atom. The van der Waals surface area contributed by atoms with Crippen molar-refractivity contribution < 1.29 is 4.39 Å². The highest BCUT2D eigenvalue weighted by molar-refractivity contribution is 5.09. The zero-order valence-corrected chi connectivity index (χ0v) is 19.5. The molecule has 0 amide bonds. The van der Waals surface area contributed by atoms with Crippen LogP contribution in [0.2, 0.25) is 0 Å². The number of rotatable bonds is 5. The lowest BCUT2D eigenvalue weighted by Crippen LogP contribution is -2.53. The van der Waals surface area contributed by atoms with Crippen LogP contribution in [0.25, 0.3) is 0 Å². The van der Waals surface area contributed by atoms with Crippen molar-refractivity contribution in [1.29, 1.82) is 0 Å². The molecule has 0 aromatic rings. The van der Waals surface area contributed by atoms with Crippen molar-refractivity contribution in [3.8, 4) is 0 Å². The Morgan fingerprint density at radius 1 is 0.821 bits per heavy atom. The summed E-state index contributed by atoms with van der Waals surface area (Å²) in [5, 5.41) is 0. The van der Waals surface area contributed by atoms with Crippen LogP contribution in [0, 0.1) is 52.3 Å². The molecule has 0 nitrogen and oxygen atoms in total. The van der Waals surface area contributed by atoms with Crippen molar-refractivity contribution in [3.05, 3.63) is 0 Å². The predicted molar refractivity (Wildman–Crippen MR) is 118 cm³/mol. The van der Waals surface area contributed by atoms with Gasteiger partial charge in [-0.3, -0.25) is 0 Å². The second-order valence-electron chi connectivity index (χ2n) is 12.6. The second kappa shape index (κ2) is 7.88. The third-order valence-electron chi connectivity index (χ3n) is 10.8. The van der Waals surface area contributed by atoms with Gasteiger partial charge in [0.05, 0.1) is 0 Å². The lowest BCUT2D eigenvalue weighted by atomic mass is 9.44. The highest BCUT2D eigenvalue weighted by Gasteiger charge is 2.60. The average molecular weight is 391 g/mol. The summed E-state index contributed by atoms with van der Waals surface area (Å²) in [6.07, 6.45) is 15.2. The third-order valence-corrected chi connectivity index (χ3v) is 10.8.